The van der Waals surface area contributed by atoms with Gasteiger partial charge in [-0.1, -0.05) is 24.3 Å². The highest BCUT2D eigenvalue weighted by atomic mass is 16.5. The topological polar surface area (TPSA) is 64.4 Å². The van der Waals surface area contributed by atoms with Crippen molar-refractivity contribution in [2.75, 3.05) is 11.9 Å². The molecule has 1 aromatic heterocycles. The summed E-state index contributed by atoms with van der Waals surface area (Å²) in [7, 11) is 0. The van der Waals surface area contributed by atoms with Crippen LogP contribution in [-0.4, -0.2) is 17.7 Å². The van der Waals surface area contributed by atoms with Gasteiger partial charge in [0.15, 0.2) is 0 Å². The number of anilines is 1. The largest absolute Gasteiger partial charge is 0.444 e. The minimum Gasteiger partial charge on any atom is -0.444 e. The Kier molecular flexibility index (Phi) is 4.79. The number of nitrogens with zero attached hydrogens (tertiary/aromatic N) is 1. The second-order valence-electron chi connectivity index (χ2n) is 5.78. The molecule has 1 amide bonds. The van der Waals surface area contributed by atoms with Crippen molar-refractivity contribution in [1.29, 1.82) is 0 Å². The summed E-state index contributed by atoms with van der Waals surface area (Å²) in [6.45, 7) is 4.12. The lowest BCUT2D eigenvalue weighted by molar-refractivity contribution is 0.172. The molecule has 0 aliphatic heterocycles. The fraction of sp³-hybridized carbons (Fsp3) is 0.263. The van der Waals surface area contributed by atoms with Crippen molar-refractivity contribution >= 4 is 11.8 Å². The number of amides is 1. The highest BCUT2D eigenvalue weighted by Gasteiger charge is 2.11. The van der Waals surface area contributed by atoms with Gasteiger partial charge in [0.05, 0.1) is 5.69 Å². The van der Waals surface area contributed by atoms with Gasteiger partial charge in [-0.3, -0.25) is 5.32 Å². The quantitative estimate of drug-likeness (QED) is 0.856. The SMILES string of the molecule is Cc1coc(-c2cc(NC(=O)OCC3=CCCC=C3)ccc2C)n1.[HH]. The van der Waals surface area contributed by atoms with E-state index in [0.717, 1.165) is 35.2 Å². The lowest BCUT2D eigenvalue weighted by Gasteiger charge is -2.10. The molecule has 2 aromatic rings. The van der Waals surface area contributed by atoms with E-state index in [1.165, 1.54) is 0 Å². The Bertz CT molecular complexity index is 809. The van der Waals surface area contributed by atoms with Gasteiger partial charge >= 0.3 is 6.09 Å². The minimum atomic E-state index is -0.478. The summed E-state index contributed by atoms with van der Waals surface area (Å²) in [6.07, 6.45) is 9.33. The number of nitrogens with one attached hydrogen (secondary N) is 1. The predicted molar refractivity (Wildman–Crippen MR) is 95.0 cm³/mol. The van der Waals surface area contributed by atoms with Crippen LogP contribution in [0.3, 0.4) is 0 Å². The Morgan fingerprint density at radius 2 is 2.25 bits per heavy atom. The Labute approximate surface area is 142 Å². The monoisotopic (exact) mass is 326 g/mol. The zero-order valence-corrected chi connectivity index (χ0v) is 13.8. The van der Waals surface area contributed by atoms with Crippen molar-refractivity contribution in [2.24, 2.45) is 0 Å². The van der Waals surface area contributed by atoms with E-state index in [9.17, 15) is 4.79 Å². The summed E-state index contributed by atoms with van der Waals surface area (Å²) in [5.74, 6) is 0.541. The van der Waals surface area contributed by atoms with Crippen LogP contribution in [0, 0.1) is 13.8 Å². The standard InChI is InChI=1S/C19H20N2O3.H2/c1-13-8-9-16(10-17(13)18-20-14(2)11-23-18)21-19(22)24-12-15-6-4-3-5-7-15;/h4,6-11H,3,5,12H2,1-2H3,(H,21,22);1H. The maximum absolute atomic E-state index is 12.0. The van der Waals surface area contributed by atoms with E-state index in [2.05, 4.69) is 22.5 Å². The first-order valence-corrected chi connectivity index (χ1v) is 7.94. The third kappa shape index (κ3) is 3.93. The third-order valence-electron chi connectivity index (χ3n) is 3.78. The molecule has 126 valence electrons. The van der Waals surface area contributed by atoms with Crippen molar-refractivity contribution in [2.45, 2.75) is 26.7 Å². The molecular weight excluding hydrogens is 304 g/mol. The van der Waals surface area contributed by atoms with Crippen LogP contribution in [0.25, 0.3) is 11.5 Å². The lowest BCUT2D eigenvalue weighted by Crippen LogP contribution is -2.15. The summed E-state index contributed by atoms with van der Waals surface area (Å²) in [5, 5.41) is 2.74. The molecule has 3 rings (SSSR count). The van der Waals surface area contributed by atoms with Crippen molar-refractivity contribution in [3.63, 3.8) is 0 Å². The van der Waals surface area contributed by atoms with Gasteiger partial charge in [0.25, 0.3) is 0 Å². The van der Waals surface area contributed by atoms with E-state index in [1.807, 2.05) is 38.1 Å². The first-order valence-electron chi connectivity index (χ1n) is 7.94. The van der Waals surface area contributed by atoms with E-state index < -0.39 is 6.09 Å². The average Bonchev–Trinajstić information content (AvgIpc) is 3.02. The molecule has 1 heterocycles. The third-order valence-corrected chi connectivity index (χ3v) is 3.78. The zero-order chi connectivity index (χ0) is 16.9. The van der Waals surface area contributed by atoms with E-state index in [4.69, 9.17) is 9.15 Å². The number of hydrogen-bond donors (Lipinski definition) is 1. The molecule has 0 fully saturated rings. The van der Waals surface area contributed by atoms with Gasteiger partial charge in [-0.15, -0.1) is 0 Å². The van der Waals surface area contributed by atoms with Crippen molar-refractivity contribution < 1.29 is 15.4 Å². The Morgan fingerprint density at radius 1 is 1.38 bits per heavy atom. The van der Waals surface area contributed by atoms with Gasteiger partial charge in [0.2, 0.25) is 5.89 Å². The molecule has 0 atom stereocenters. The van der Waals surface area contributed by atoms with E-state index in [0.29, 0.717) is 11.6 Å². The molecule has 5 heteroatoms. The van der Waals surface area contributed by atoms with Crippen molar-refractivity contribution in [3.05, 3.63) is 59.5 Å². The number of oxazole rings is 1. The molecule has 1 aliphatic carbocycles. The van der Waals surface area contributed by atoms with Crippen LogP contribution >= 0.6 is 0 Å². The second kappa shape index (κ2) is 7.17. The predicted octanol–water partition coefficient (Wildman–Crippen LogP) is 5.03. The van der Waals surface area contributed by atoms with Crippen LogP contribution in [0.1, 0.15) is 25.5 Å². The van der Waals surface area contributed by atoms with Gasteiger partial charge in [0.1, 0.15) is 12.9 Å². The van der Waals surface area contributed by atoms with Crippen LogP contribution in [0.4, 0.5) is 10.5 Å². The molecule has 0 saturated carbocycles. The first-order chi connectivity index (χ1) is 11.6. The summed E-state index contributed by atoms with van der Waals surface area (Å²) in [6, 6.07) is 5.58. The Balaban J connectivity index is 0.00000225. The van der Waals surface area contributed by atoms with Crippen LogP contribution in [0.5, 0.6) is 0 Å². The normalized spacial score (nSPS) is 13.5. The summed E-state index contributed by atoms with van der Waals surface area (Å²) in [5.41, 5.74) is 4.35. The molecule has 0 spiro atoms. The number of ether oxygens (including phenoxy) is 1. The number of allylic oxidation sites excluding steroid dienone is 2. The molecule has 0 saturated heterocycles. The van der Waals surface area contributed by atoms with Crippen LogP contribution in [0.2, 0.25) is 0 Å². The first kappa shape index (κ1) is 16.1. The molecule has 24 heavy (non-hydrogen) atoms. The molecular formula is C19H22N2O3. The van der Waals surface area contributed by atoms with Crippen molar-refractivity contribution in [1.82, 2.24) is 4.98 Å². The molecule has 1 aliphatic rings. The van der Waals surface area contributed by atoms with Gasteiger partial charge in [-0.05, 0) is 50.0 Å². The number of hydrogen-bond acceptors (Lipinski definition) is 4. The number of carbonyl (C=O) groups excluding carboxylic acids is 1. The smallest absolute Gasteiger partial charge is 0.411 e. The fourth-order valence-corrected chi connectivity index (χ4v) is 2.49. The molecule has 5 nitrogen and oxygen atoms in total. The molecule has 0 bridgehead atoms. The number of carbonyl (C=O) groups is 1. The van der Waals surface area contributed by atoms with E-state index in [1.54, 1.807) is 6.26 Å². The fourth-order valence-electron chi connectivity index (χ4n) is 2.49. The highest BCUT2D eigenvalue weighted by Crippen LogP contribution is 2.26. The summed E-state index contributed by atoms with van der Waals surface area (Å²) < 4.78 is 10.7. The Morgan fingerprint density at radius 3 is 2.96 bits per heavy atom. The molecule has 1 N–H and O–H groups in total. The number of aryl methyl sites for hydroxylation is 2. The molecule has 0 radical (unpaired) electrons. The Hall–Kier alpha value is -2.82. The van der Waals surface area contributed by atoms with E-state index >= 15 is 0 Å². The van der Waals surface area contributed by atoms with Crippen LogP contribution < -0.4 is 5.32 Å². The van der Waals surface area contributed by atoms with Gasteiger partial charge in [0, 0.05) is 12.7 Å². The average molecular weight is 326 g/mol. The minimum absolute atomic E-state index is 0. The highest BCUT2D eigenvalue weighted by molar-refractivity contribution is 5.86. The van der Waals surface area contributed by atoms with Crippen LogP contribution in [0.15, 0.2) is 52.7 Å². The van der Waals surface area contributed by atoms with Gasteiger partial charge in [-0.2, -0.15) is 0 Å². The van der Waals surface area contributed by atoms with Crippen molar-refractivity contribution in [3.8, 4) is 11.5 Å². The lowest BCUT2D eigenvalue weighted by atomic mass is 10.1. The van der Waals surface area contributed by atoms with Crippen LogP contribution in [-0.2, 0) is 4.74 Å². The molecule has 0 unspecified atom stereocenters. The summed E-state index contributed by atoms with van der Waals surface area (Å²) >= 11 is 0. The van der Waals surface area contributed by atoms with Gasteiger partial charge < -0.3 is 9.15 Å². The number of aromatic nitrogens is 1. The maximum atomic E-state index is 12.0. The summed E-state index contributed by atoms with van der Waals surface area (Å²) in [4.78, 5) is 16.3. The second-order valence-corrected chi connectivity index (χ2v) is 5.78. The van der Waals surface area contributed by atoms with Gasteiger partial charge in [-0.25, -0.2) is 9.78 Å². The van der Waals surface area contributed by atoms with E-state index in [-0.39, 0.29) is 8.03 Å². The number of benzene rings is 1. The maximum Gasteiger partial charge on any atom is 0.411 e. The number of rotatable bonds is 4. The molecule has 1 aromatic carbocycles. The zero-order valence-electron chi connectivity index (χ0n) is 13.8.